The summed E-state index contributed by atoms with van der Waals surface area (Å²) in [7, 11) is 0. The van der Waals surface area contributed by atoms with Gasteiger partial charge < -0.3 is 42.9 Å². The summed E-state index contributed by atoms with van der Waals surface area (Å²) in [4.78, 5) is 54.6. The largest absolute Gasteiger partial charge is 0.388 e. The van der Waals surface area contributed by atoms with E-state index in [0.29, 0.717) is 0 Å². The zero-order chi connectivity index (χ0) is 42.2. The maximum absolute atomic E-state index is 14.0. The number of hydrogen-bond acceptors (Lipinski definition) is 8. The van der Waals surface area contributed by atoms with Gasteiger partial charge in [0.2, 0.25) is 23.6 Å². The zero-order valence-corrected chi connectivity index (χ0v) is 36.3. The molecule has 0 aromatic heterocycles. The van der Waals surface area contributed by atoms with Gasteiger partial charge in [0.15, 0.2) is 0 Å². The molecule has 10 N–H and O–H groups in total. The van der Waals surface area contributed by atoms with Gasteiger partial charge in [0.1, 0.15) is 24.3 Å². The molecule has 0 saturated heterocycles. The first kappa shape index (κ1) is 51.3. The zero-order valence-electron chi connectivity index (χ0n) is 34.6. The molecule has 14 heteroatoms. The Balaban J connectivity index is 0.00000620. The molecule has 4 rings (SSSR count). The van der Waals surface area contributed by atoms with Crippen molar-refractivity contribution in [3.63, 3.8) is 0 Å². The van der Waals surface area contributed by atoms with E-state index in [4.69, 9.17) is 11.5 Å². The lowest BCUT2D eigenvalue weighted by Gasteiger charge is -2.35. The topological polar surface area (TPSA) is 209 Å². The Labute approximate surface area is 366 Å². The second-order valence-electron chi connectivity index (χ2n) is 15.6. The average Bonchev–Trinajstić information content (AvgIpc) is 3.21. The Hall–Kier alpha value is -4.82. The summed E-state index contributed by atoms with van der Waals surface area (Å²) in [6, 6.07) is 31.0. The molecule has 326 valence electrons. The van der Waals surface area contributed by atoms with Crippen molar-refractivity contribution in [3.8, 4) is 0 Å². The molecular weight excluding hydrogens is 803 g/mol. The van der Waals surface area contributed by atoms with Crippen molar-refractivity contribution in [1.29, 1.82) is 0 Å². The molecule has 0 unspecified atom stereocenters. The molecule has 0 saturated carbocycles. The van der Waals surface area contributed by atoms with E-state index >= 15 is 0 Å². The molecule has 0 spiro atoms. The lowest BCUT2D eigenvalue weighted by atomic mass is 9.90. The van der Waals surface area contributed by atoms with Gasteiger partial charge in [0, 0.05) is 0 Å². The summed E-state index contributed by atoms with van der Waals surface area (Å²) in [6.07, 6.45) is -2.42. The molecule has 4 aromatic rings. The van der Waals surface area contributed by atoms with Crippen LogP contribution in [0.25, 0.3) is 0 Å². The number of carbonyl (C=O) groups is 4. The number of carbonyl (C=O) groups excluding carboxylic acids is 4. The molecule has 0 aliphatic heterocycles. The average molecular weight is 866 g/mol. The predicted octanol–water partition coefficient (Wildman–Crippen LogP) is 3.43. The summed E-state index contributed by atoms with van der Waals surface area (Å²) in [5.41, 5.74) is 15.8. The third kappa shape index (κ3) is 16.0. The van der Waals surface area contributed by atoms with Crippen LogP contribution >= 0.6 is 24.8 Å². The van der Waals surface area contributed by atoms with Crippen molar-refractivity contribution in [2.75, 3.05) is 0 Å². The highest BCUT2D eigenvalue weighted by Gasteiger charge is 2.38. The van der Waals surface area contributed by atoms with Gasteiger partial charge in [-0.2, -0.15) is 0 Å². The Morgan fingerprint density at radius 2 is 0.683 bits per heavy atom. The number of aliphatic hydroxyl groups excluding tert-OH is 2. The third-order valence-corrected chi connectivity index (χ3v) is 10.2. The standard InChI is InChI=1S/C46H60N6O6.2ClH/c1-29(2)39(51-43(55)35(47)25-31-17-9-5-10-18-31)45(57)49-37(27-33-21-13-7-14-22-33)41(53)42(54)38(28-34-23-15-8-16-24-34)50-46(58)40(30(3)4)52-44(56)36(48)26-32-19-11-6-12-20-32;;/h5-24,29-30,35-42,53-54H,25-28,47-48H2,1-4H3,(H,49,57)(H,50,58)(H,51,55)(H,52,56);2*1H/t35-,36-,37-,38-,39-,40-,41+,42+;;/m0../s1. The number of halogens is 2. The quantitative estimate of drug-likeness (QED) is 0.0621. The van der Waals surface area contributed by atoms with Gasteiger partial charge in [0.25, 0.3) is 0 Å². The first-order valence-electron chi connectivity index (χ1n) is 20.0. The fourth-order valence-electron chi connectivity index (χ4n) is 6.78. The number of hydrogen-bond donors (Lipinski definition) is 8. The fourth-order valence-corrected chi connectivity index (χ4v) is 6.78. The van der Waals surface area contributed by atoms with E-state index in [1.807, 2.05) is 121 Å². The molecule has 0 radical (unpaired) electrons. The summed E-state index contributed by atoms with van der Waals surface area (Å²) in [5.74, 6) is -2.86. The van der Waals surface area contributed by atoms with Gasteiger partial charge in [-0.15, -0.1) is 24.8 Å². The van der Waals surface area contributed by atoms with Crippen molar-refractivity contribution in [2.45, 2.75) is 102 Å². The van der Waals surface area contributed by atoms with Gasteiger partial charge in [0.05, 0.1) is 24.2 Å². The van der Waals surface area contributed by atoms with Crippen molar-refractivity contribution >= 4 is 48.4 Å². The summed E-state index contributed by atoms with van der Waals surface area (Å²) in [6.45, 7) is 7.15. The molecule has 0 fully saturated rings. The number of nitrogens with one attached hydrogen (secondary N) is 4. The minimum absolute atomic E-state index is 0. The maximum Gasteiger partial charge on any atom is 0.243 e. The van der Waals surface area contributed by atoms with Crippen LogP contribution in [-0.4, -0.2) is 82.3 Å². The molecule has 4 amide bonds. The first-order chi connectivity index (χ1) is 27.7. The minimum Gasteiger partial charge on any atom is -0.388 e. The molecule has 0 bridgehead atoms. The van der Waals surface area contributed by atoms with Crippen LogP contribution in [0.5, 0.6) is 0 Å². The van der Waals surface area contributed by atoms with Crippen molar-refractivity contribution < 1.29 is 29.4 Å². The molecule has 8 atom stereocenters. The van der Waals surface area contributed by atoms with Crippen molar-refractivity contribution in [3.05, 3.63) is 144 Å². The van der Waals surface area contributed by atoms with E-state index < -0.39 is 72.1 Å². The summed E-state index contributed by atoms with van der Waals surface area (Å²) in [5, 5.41) is 35.4. The summed E-state index contributed by atoms with van der Waals surface area (Å²) < 4.78 is 0. The highest BCUT2D eigenvalue weighted by Crippen LogP contribution is 2.17. The van der Waals surface area contributed by atoms with Crippen LogP contribution in [0.1, 0.15) is 49.9 Å². The molecule has 12 nitrogen and oxygen atoms in total. The van der Waals surface area contributed by atoms with E-state index in [0.717, 1.165) is 22.3 Å². The Kier molecular flexibility index (Phi) is 22.0. The Morgan fingerprint density at radius 1 is 0.433 bits per heavy atom. The van der Waals surface area contributed by atoms with Crippen LogP contribution in [0.4, 0.5) is 0 Å². The van der Waals surface area contributed by atoms with Gasteiger partial charge in [-0.3, -0.25) is 19.2 Å². The maximum atomic E-state index is 14.0. The van der Waals surface area contributed by atoms with Crippen LogP contribution in [-0.2, 0) is 44.9 Å². The second kappa shape index (κ2) is 25.7. The highest BCUT2D eigenvalue weighted by atomic mass is 35.5. The molecule has 0 heterocycles. The van der Waals surface area contributed by atoms with Gasteiger partial charge in [-0.05, 0) is 59.8 Å². The molecule has 4 aromatic carbocycles. The Morgan fingerprint density at radius 3 is 0.933 bits per heavy atom. The first-order valence-corrected chi connectivity index (χ1v) is 20.0. The van der Waals surface area contributed by atoms with Gasteiger partial charge in [-0.25, -0.2) is 0 Å². The van der Waals surface area contributed by atoms with E-state index in [-0.39, 0.29) is 62.3 Å². The normalized spacial score (nSPS) is 15.0. The second-order valence-corrected chi connectivity index (χ2v) is 15.6. The smallest absolute Gasteiger partial charge is 0.243 e. The lowest BCUT2D eigenvalue weighted by Crippen LogP contribution is -2.62. The number of benzene rings is 4. The van der Waals surface area contributed by atoms with E-state index in [1.165, 1.54) is 0 Å². The van der Waals surface area contributed by atoms with E-state index in [1.54, 1.807) is 27.7 Å². The molecule has 0 aliphatic rings. The van der Waals surface area contributed by atoms with Crippen LogP contribution in [0, 0.1) is 11.8 Å². The fraction of sp³-hybridized carbons (Fsp3) is 0.391. The van der Waals surface area contributed by atoms with Gasteiger partial charge >= 0.3 is 0 Å². The number of amides is 4. The number of rotatable bonds is 21. The number of nitrogens with two attached hydrogens (primary N) is 2. The summed E-state index contributed by atoms with van der Waals surface area (Å²) >= 11 is 0. The SMILES string of the molecule is CC(C)[C@H](NC(=O)[C@@H](N)Cc1ccccc1)C(=O)N[C@@H](Cc1ccccc1)[C@@H](O)[C@H](O)[C@H](Cc1ccccc1)NC(=O)[C@@H](NC(=O)[C@@H](N)Cc1ccccc1)C(C)C.Cl.Cl. The van der Waals surface area contributed by atoms with Gasteiger partial charge in [-0.1, -0.05) is 149 Å². The predicted molar refractivity (Wildman–Crippen MR) is 240 cm³/mol. The monoisotopic (exact) mass is 864 g/mol. The van der Waals surface area contributed by atoms with Crippen LogP contribution < -0.4 is 32.7 Å². The number of aliphatic hydroxyl groups is 2. The van der Waals surface area contributed by atoms with E-state index in [9.17, 15) is 29.4 Å². The van der Waals surface area contributed by atoms with E-state index in [2.05, 4.69) is 21.3 Å². The van der Waals surface area contributed by atoms with Crippen molar-refractivity contribution in [2.24, 2.45) is 23.3 Å². The van der Waals surface area contributed by atoms with Crippen molar-refractivity contribution in [1.82, 2.24) is 21.3 Å². The molecule has 0 aliphatic carbocycles. The van der Waals surface area contributed by atoms with Crippen LogP contribution in [0.15, 0.2) is 121 Å². The lowest BCUT2D eigenvalue weighted by molar-refractivity contribution is -0.133. The third-order valence-electron chi connectivity index (χ3n) is 10.2. The van der Waals surface area contributed by atoms with Crippen LogP contribution in [0.2, 0.25) is 0 Å². The molecular formula is C46H62Cl2N6O6. The Bertz CT molecular complexity index is 1740. The van der Waals surface area contributed by atoms with Crippen LogP contribution in [0.3, 0.4) is 0 Å². The minimum atomic E-state index is -1.60. The molecule has 60 heavy (non-hydrogen) atoms. The highest BCUT2D eigenvalue weighted by molar-refractivity contribution is 5.91.